The van der Waals surface area contributed by atoms with Crippen molar-refractivity contribution in [3.05, 3.63) is 35.9 Å². The maximum Gasteiger partial charge on any atom is 0.409 e. The first-order valence-corrected chi connectivity index (χ1v) is 6.18. The average molecular weight is 280 g/mol. The van der Waals surface area contributed by atoms with Crippen LogP contribution in [0.2, 0.25) is 0 Å². The fraction of sp³-hybridized carbons (Fsp3) is 0.429. The van der Waals surface area contributed by atoms with Crippen molar-refractivity contribution in [3.63, 3.8) is 0 Å². The molecule has 1 atom stereocenters. The Balaban J connectivity index is 2.75. The van der Waals surface area contributed by atoms with Crippen LogP contribution in [0, 0.1) is 0 Å². The van der Waals surface area contributed by atoms with Gasteiger partial charge in [0.1, 0.15) is 6.61 Å². The zero-order valence-corrected chi connectivity index (χ0v) is 12.2. The van der Waals surface area contributed by atoms with E-state index < -0.39 is 18.3 Å². The topological polar surface area (TPSA) is 59.1 Å². The Hall–Kier alpha value is -2.24. The smallest absolute Gasteiger partial charge is 0.409 e. The predicted octanol–water partition coefficient (Wildman–Crippen LogP) is 2.12. The maximum atomic E-state index is 11.7. The first-order valence-electron chi connectivity index (χ1n) is 6.18. The molecule has 2 amide bonds. The van der Waals surface area contributed by atoms with Crippen LogP contribution in [0.15, 0.2) is 30.3 Å². The van der Waals surface area contributed by atoms with Crippen LogP contribution < -0.4 is 0 Å². The van der Waals surface area contributed by atoms with Crippen molar-refractivity contribution in [2.75, 3.05) is 34.8 Å². The summed E-state index contributed by atoms with van der Waals surface area (Å²) in [6.07, 6.45) is -1.60. The van der Waals surface area contributed by atoms with Crippen LogP contribution in [0.25, 0.3) is 0 Å². The third-order valence-electron chi connectivity index (χ3n) is 2.50. The van der Waals surface area contributed by atoms with Crippen molar-refractivity contribution in [2.24, 2.45) is 0 Å². The fourth-order valence-electron chi connectivity index (χ4n) is 1.37. The van der Waals surface area contributed by atoms with Gasteiger partial charge in [0.15, 0.2) is 6.10 Å². The summed E-state index contributed by atoms with van der Waals surface area (Å²) in [5, 5.41) is 0. The molecular formula is C14H20N2O4. The molecule has 0 bridgehead atoms. The van der Waals surface area contributed by atoms with Crippen LogP contribution in [-0.4, -0.2) is 56.8 Å². The van der Waals surface area contributed by atoms with E-state index in [1.807, 2.05) is 30.3 Å². The van der Waals surface area contributed by atoms with E-state index in [2.05, 4.69) is 0 Å². The van der Waals surface area contributed by atoms with Crippen molar-refractivity contribution in [3.8, 4) is 0 Å². The highest BCUT2D eigenvalue weighted by molar-refractivity contribution is 5.68. The molecule has 0 N–H and O–H groups in total. The van der Waals surface area contributed by atoms with Crippen LogP contribution in [0.4, 0.5) is 9.59 Å². The second-order valence-electron chi connectivity index (χ2n) is 4.65. The van der Waals surface area contributed by atoms with Crippen molar-refractivity contribution < 1.29 is 19.1 Å². The molecule has 0 aliphatic rings. The number of benzene rings is 1. The number of rotatable bonds is 4. The van der Waals surface area contributed by atoms with E-state index in [0.29, 0.717) is 0 Å². The van der Waals surface area contributed by atoms with Gasteiger partial charge in [-0.25, -0.2) is 9.59 Å². The molecule has 110 valence electrons. The number of hydrogen-bond acceptors (Lipinski definition) is 4. The Morgan fingerprint density at radius 2 is 1.55 bits per heavy atom. The second-order valence-corrected chi connectivity index (χ2v) is 4.65. The van der Waals surface area contributed by atoms with Crippen LogP contribution in [0.5, 0.6) is 0 Å². The Kier molecular flexibility index (Phi) is 5.83. The molecule has 0 heterocycles. The molecule has 6 nitrogen and oxygen atoms in total. The van der Waals surface area contributed by atoms with Crippen LogP contribution in [0.3, 0.4) is 0 Å². The molecule has 20 heavy (non-hydrogen) atoms. The molecule has 0 radical (unpaired) electrons. The van der Waals surface area contributed by atoms with E-state index in [1.165, 1.54) is 9.80 Å². The van der Waals surface area contributed by atoms with Gasteiger partial charge in [-0.1, -0.05) is 30.3 Å². The average Bonchev–Trinajstić information content (AvgIpc) is 2.43. The second kappa shape index (κ2) is 7.37. The van der Waals surface area contributed by atoms with Gasteiger partial charge >= 0.3 is 12.2 Å². The van der Waals surface area contributed by atoms with Gasteiger partial charge < -0.3 is 19.3 Å². The molecule has 0 fully saturated rings. The predicted molar refractivity (Wildman–Crippen MR) is 74.4 cm³/mol. The normalized spacial score (nSPS) is 11.4. The monoisotopic (exact) mass is 280 g/mol. The first kappa shape index (κ1) is 15.8. The number of ether oxygens (including phenoxy) is 2. The van der Waals surface area contributed by atoms with Gasteiger partial charge in [-0.3, -0.25) is 0 Å². The quantitative estimate of drug-likeness (QED) is 0.847. The van der Waals surface area contributed by atoms with Gasteiger partial charge in [0.25, 0.3) is 0 Å². The molecule has 1 unspecified atom stereocenters. The Labute approximate surface area is 118 Å². The Morgan fingerprint density at radius 3 is 2.05 bits per heavy atom. The van der Waals surface area contributed by atoms with Crippen LogP contribution in [0.1, 0.15) is 11.7 Å². The molecule has 0 aliphatic carbocycles. The maximum absolute atomic E-state index is 11.7. The zero-order valence-electron chi connectivity index (χ0n) is 12.2. The lowest BCUT2D eigenvalue weighted by atomic mass is 10.1. The summed E-state index contributed by atoms with van der Waals surface area (Å²) in [6, 6.07) is 9.16. The number of amides is 2. The third kappa shape index (κ3) is 4.79. The lowest BCUT2D eigenvalue weighted by Crippen LogP contribution is -2.29. The van der Waals surface area contributed by atoms with Crippen LogP contribution >= 0.6 is 0 Å². The summed E-state index contributed by atoms with van der Waals surface area (Å²) >= 11 is 0. The van der Waals surface area contributed by atoms with Gasteiger partial charge in [0, 0.05) is 28.2 Å². The van der Waals surface area contributed by atoms with E-state index in [-0.39, 0.29) is 6.61 Å². The van der Waals surface area contributed by atoms with E-state index in [1.54, 1.807) is 28.2 Å². The highest BCUT2D eigenvalue weighted by Crippen LogP contribution is 2.18. The van der Waals surface area contributed by atoms with Gasteiger partial charge in [-0.15, -0.1) is 0 Å². The number of carbonyl (C=O) groups excluding carboxylic acids is 2. The molecule has 1 rings (SSSR count). The molecule has 0 aliphatic heterocycles. The van der Waals surface area contributed by atoms with Gasteiger partial charge in [0.2, 0.25) is 0 Å². The van der Waals surface area contributed by atoms with Gasteiger partial charge in [-0.2, -0.15) is 0 Å². The minimum absolute atomic E-state index is 0.0272. The summed E-state index contributed by atoms with van der Waals surface area (Å²) in [5.41, 5.74) is 0.772. The SMILES string of the molecule is CN(C)C(=O)OCC(OC(=O)N(C)C)c1ccccc1. The van der Waals surface area contributed by atoms with Gasteiger partial charge in [-0.05, 0) is 5.56 Å². The van der Waals surface area contributed by atoms with Crippen LogP contribution in [-0.2, 0) is 9.47 Å². The fourth-order valence-corrected chi connectivity index (χ4v) is 1.37. The van der Waals surface area contributed by atoms with Crippen molar-refractivity contribution in [1.29, 1.82) is 0 Å². The van der Waals surface area contributed by atoms with Crippen molar-refractivity contribution in [1.82, 2.24) is 9.80 Å². The standard InChI is InChI=1S/C14H20N2O4/c1-15(2)13(17)19-10-12(20-14(18)16(3)4)11-8-6-5-7-9-11/h5-9,12H,10H2,1-4H3. The third-order valence-corrected chi connectivity index (χ3v) is 2.50. The molecule has 0 aromatic heterocycles. The van der Waals surface area contributed by atoms with Crippen molar-refractivity contribution in [2.45, 2.75) is 6.10 Å². The number of hydrogen-bond donors (Lipinski definition) is 0. The van der Waals surface area contributed by atoms with E-state index >= 15 is 0 Å². The molecule has 1 aromatic carbocycles. The van der Waals surface area contributed by atoms with Gasteiger partial charge in [0.05, 0.1) is 0 Å². The van der Waals surface area contributed by atoms with E-state index in [9.17, 15) is 9.59 Å². The molecule has 6 heteroatoms. The van der Waals surface area contributed by atoms with E-state index in [4.69, 9.17) is 9.47 Å². The highest BCUT2D eigenvalue weighted by atomic mass is 16.6. The van der Waals surface area contributed by atoms with Crippen molar-refractivity contribution >= 4 is 12.2 Å². The molecule has 1 aromatic rings. The lowest BCUT2D eigenvalue weighted by Gasteiger charge is -2.21. The Morgan fingerprint density at radius 1 is 1.00 bits per heavy atom. The largest absolute Gasteiger partial charge is 0.445 e. The highest BCUT2D eigenvalue weighted by Gasteiger charge is 2.20. The molecule has 0 saturated carbocycles. The first-order chi connectivity index (χ1) is 9.41. The summed E-state index contributed by atoms with van der Waals surface area (Å²) in [7, 11) is 6.36. The number of carbonyl (C=O) groups is 2. The lowest BCUT2D eigenvalue weighted by molar-refractivity contribution is 0.0243. The van der Waals surface area contributed by atoms with E-state index in [0.717, 1.165) is 5.56 Å². The number of nitrogens with zero attached hydrogens (tertiary/aromatic N) is 2. The Bertz CT molecular complexity index is 446. The minimum Gasteiger partial charge on any atom is -0.445 e. The summed E-state index contributed by atoms with van der Waals surface area (Å²) in [5.74, 6) is 0. The summed E-state index contributed by atoms with van der Waals surface area (Å²) in [4.78, 5) is 25.7. The molecular weight excluding hydrogens is 260 g/mol. The summed E-state index contributed by atoms with van der Waals surface area (Å²) in [6.45, 7) is -0.0272. The molecule has 0 saturated heterocycles. The molecule has 0 spiro atoms. The minimum atomic E-state index is -0.630. The summed E-state index contributed by atoms with van der Waals surface area (Å²) < 4.78 is 10.4. The zero-order chi connectivity index (χ0) is 15.1.